The van der Waals surface area contributed by atoms with Gasteiger partial charge in [-0.15, -0.1) is 11.3 Å². The fourth-order valence-electron chi connectivity index (χ4n) is 2.40. The Balaban J connectivity index is 1.73. The Morgan fingerprint density at radius 3 is 2.59 bits per heavy atom. The van der Waals surface area contributed by atoms with E-state index >= 15 is 0 Å². The molecular formula is C17H19NO3S. The molecule has 0 atom stereocenters. The van der Waals surface area contributed by atoms with E-state index in [1.54, 1.807) is 16.2 Å². The van der Waals surface area contributed by atoms with Crippen LogP contribution in [-0.2, 0) is 6.54 Å². The van der Waals surface area contributed by atoms with Crippen LogP contribution in [-0.4, -0.2) is 31.1 Å². The van der Waals surface area contributed by atoms with Crippen LogP contribution in [0.2, 0.25) is 0 Å². The van der Waals surface area contributed by atoms with E-state index in [2.05, 4.69) is 0 Å². The quantitative estimate of drug-likeness (QED) is 0.871. The maximum atomic E-state index is 12.5. The van der Waals surface area contributed by atoms with E-state index in [1.807, 2.05) is 45.2 Å². The molecule has 4 nitrogen and oxygen atoms in total. The third-order valence-corrected chi connectivity index (χ3v) is 4.89. The summed E-state index contributed by atoms with van der Waals surface area (Å²) in [6.45, 7) is 5.77. The van der Waals surface area contributed by atoms with Crippen molar-refractivity contribution in [3.05, 3.63) is 45.1 Å². The van der Waals surface area contributed by atoms with Crippen LogP contribution in [0.1, 0.15) is 25.7 Å². The molecule has 1 aromatic heterocycles. The second-order valence-corrected chi connectivity index (χ2v) is 6.75. The molecule has 2 heterocycles. The molecule has 0 unspecified atom stereocenters. The summed E-state index contributed by atoms with van der Waals surface area (Å²) in [6.07, 6.45) is 0. The van der Waals surface area contributed by atoms with Crippen molar-refractivity contribution in [2.75, 3.05) is 20.3 Å². The lowest BCUT2D eigenvalue weighted by molar-refractivity contribution is 0.0789. The van der Waals surface area contributed by atoms with Crippen molar-refractivity contribution in [3.63, 3.8) is 0 Å². The molecule has 1 aliphatic heterocycles. The molecule has 1 aliphatic rings. The minimum Gasteiger partial charge on any atom is -0.486 e. The third-order valence-electron chi connectivity index (χ3n) is 3.75. The van der Waals surface area contributed by atoms with Gasteiger partial charge in [0.25, 0.3) is 5.91 Å². The van der Waals surface area contributed by atoms with Crippen LogP contribution in [0, 0.1) is 13.8 Å². The van der Waals surface area contributed by atoms with Crippen LogP contribution in [0.15, 0.2) is 24.3 Å². The van der Waals surface area contributed by atoms with E-state index in [1.165, 1.54) is 10.4 Å². The monoisotopic (exact) mass is 317 g/mol. The molecule has 22 heavy (non-hydrogen) atoms. The van der Waals surface area contributed by atoms with E-state index in [9.17, 15) is 4.79 Å². The molecule has 116 valence electrons. The number of benzene rings is 1. The first-order valence-electron chi connectivity index (χ1n) is 7.25. The van der Waals surface area contributed by atoms with E-state index in [4.69, 9.17) is 9.47 Å². The Kier molecular flexibility index (Phi) is 4.07. The predicted octanol–water partition coefficient (Wildman–Crippen LogP) is 3.41. The lowest BCUT2D eigenvalue weighted by Crippen LogP contribution is -2.25. The van der Waals surface area contributed by atoms with Crippen molar-refractivity contribution in [3.8, 4) is 11.5 Å². The average Bonchev–Trinajstić information content (AvgIpc) is 2.85. The number of amides is 1. The zero-order valence-corrected chi connectivity index (χ0v) is 13.8. The molecule has 3 rings (SSSR count). The standard InChI is InChI=1S/C17H19NO3S/c1-11-8-16(22-12(11)2)17(19)18(3)10-13-4-5-14-15(9-13)21-7-6-20-14/h4-5,8-9H,6-7,10H2,1-3H3. The summed E-state index contributed by atoms with van der Waals surface area (Å²) in [5.74, 6) is 1.58. The van der Waals surface area contributed by atoms with Gasteiger partial charge in [0.1, 0.15) is 13.2 Å². The van der Waals surface area contributed by atoms with Crippen molar-refractivity contribution in [2.24, 2.45) is 0 Å². The topological polar surface area (TPSA) is 38.8 Å². The molecule has 0 saturated heterocycles. The number of thiophene rings is 1. The number of carbonyl (C=O) groups is 1. The Labute approximate surface area is 134 Å². The molecule has 1 amide bonds. The first-order valence-corrected chi connectivity index (χ1v) is 8.07. The lowest BCUT2D eigenvalue weighted by Gasteiger charge is -2.21. The summed E-state index contributed by atoms with van der Waals surface area (Å²) in [6, 6.07) is 7.79. The number of aryl methyl sites for hydroxylation is 2. The maximum Gasteiger partial charge on any atom is 0.263 e. The molecule has 0 radical (unpaired) electrons. The van der Waals surface area contributed by atoms with Gasteiger partial charge in [-0.1, -0.05) is 6.07 Å². The minimum atomic E-state index is 0.0519. The highest BCUT2D eigenvalue weighted by molar-refractivity contribution is 7.14. The zero-order chi connectivity index (χ0) is 15.7. The Bertz CT molecular complexity index is 688. The van der Waals surface area contributed by atoms with Gasteiger partial charge in [0.05, 0.1) is 4.88 Å². The van der Waals surface area contributed by atoms with Crippen molar-refractivity contribution in [1.82, 2.24) is 4.90 Å². The van der Waals surface area contributed by atoms with Gasteiger partial charge in [-0.2, -0.15) is 0 Å². The second kappa shape index (κ2) is 6.01. The second-order valence-electron chi connectivity index (χ2n) is 5.49. The van der Waals surface area contributed by atoms with Crippen LogP contribution in [0.5, 0.6) is 11.5 Å². The number of hydrogen-bond acceptors (Lipinski definition) is 4. The summed E-state index contributed by atoms with van der Waals surface area (Å²) in [5.41, 5.74) is 2.20. The van der Waals surface area contributed by atoms with E-state index in [0.717, 1.165) is 21.9 Å². The van der Waals surface area contributed by atoms with Crippen molar-refractivity contribution in [2.45, 2.75) is 20.4 Å². The fraction of sp³-hybridized carbons (Fsp3) is 0.353. The molecule has 0 bridgehead atoms. The van der Waals surface area contributed by atoms with Gasteiger partial charge in [-0.3, -0.25) is 4.79 Å². The molecular weight excluding hydrogens is 298 g/mol. The normalized spacial score (nSPS) is 13.0. The zero-order valence-electron chi connectivity index (χ0n) is 13.0. The van der Waals surface area contributed by atoms with Gasteiger partial charge in [-0.25, -0.2) is 0 Å². The summed E-state index contributed by atoms with van der Waals surface area (Å²) in [4.78, 5) is 16.2. The Morgan fingerprint density at radius 1 is 1.18 bits per heavy atom. The predicted molar refractivity (Wildman–Crippen MR) is 87.0 cm³/mol. The SMILES string of the molecule is Cc1cc(C(=O)N(C)Cc2ccc3c(c2)OCCO3)sc1C. The van der Waals surface area contributed by atoms with Crippen LogP contribution in [0.3, 0.4) is 0 Å². The Hall–Kier alpha value is -2.01. The number of hydrogen-bond donors (Lipinski definition) is 0. The summed E-state index contributed by atoms with van der Waals surface area (Å²) in [7, 11) is 1.82. The number of nitrogens with zero attached hydrogens (tertiary/aromatic N) is 1. The first kappa shape index (κ1) is 14.9. The molecule has 0 N–H and O–H groups in total. The average molecular weight is 317 g/mol. The smallest absolute Gasteiger partial charge is 0.263 e. The maximum absolute atomic E-state index is 12.5. The molecule has 0 fully saturated rings. The molecule has 0 saturated carbocycles. The number of fused-ring (bicyclic) bond motifs is 1. The molecule has 1 aromatic carbocycles. The highest BCUT2D eigenvalue weighted by atomic mass is 32.1. The minimum absolute atomic E-state index is 0.0519. The third kappa shape index (κ3) is 2.95. The van der Waals surface area contributed by atoms with Crippen LogP contribution >= 0.6 is 11.3 Å². The lowest BCUT2D eigenvalue weighted by atomic mass is 10.2. The number of rotatable bonds is 3. The largest absolute Gasteiger partial charge is 0.486 e. The Morgan fingerprint density at radius 2 is 1.91 bits per heavy atom. The summed E-state index contributed by atoms with van der Waals surface area (Å²) < 4.78 is 11.1. The van der Waals surface area contributed by atoms with Gasteiger partial charge in [0.15, 0.2) is 11.5 Å². The van der Waals surface area contributed by atoms with E-state index in [-0.39, 0.29) is 5.91 Å². The molecule has 0 aliphatic carbocycles. The van der Waals surface area contributed by atoms with Gasteiger partial charge >= 0.3 is 0 Å². The van der Waals surface area contributed by atoms with Crippen molar-refractivity contribution >= 4 is 17.2 Å². The van der Waals surface area contributed by atoms with Gasteiger partial charge in [-0.05, 0) is 43.2 Å². The molecule has 2 aromatic rings. The highest BCUT2D eigenvalue weighted by Crippen LogP contribution is 2.31. The van der Waals surface area contributed by atoms with E-state index in [0.29, 0.717) is 19.8 Å². The number of ether oxygens (including phenoxy) is 2. The van der Waals surface area contributed by atoms with Crippen LogP contribution in [0.4, 0.5) is 0 Å². The molecule has 5 heteroatoms. The van der Waals surface area contributed by atoms with Crippen molar-refractivity contribution in [1.29, 1.82) is 0 Å². The van der Waals surface area contributed by atoms with Gasteiger partial charge < -0.3 is 14.4 Å². The highest BCUT2D eigenvalue weighted by Gasteiger charge is 2.17. The van der Waals surface area contributed by atoms with E-state index < -0.39 is 0 Å². The van der Waals surface area contributed by atoms with Crippen LogP contribution < -0.4 is 9.47 Å². The first-order chi connectivity index (χ1) is 10.5. The fourth-order valence-corrected chi connectivity index (χ4v) is 3.43. The summed E-state index contributed by atoms with van der Waals surface area (Å²) >= 11 is 1.55. The molecule has 0 spiro atoms. The van der Waals surface area contributed by atoms with Crippen LogP contribution in [0.25, 0.3) is 0 Å². The number of carbonyl (C=O) groups excluding carboxylic acids is 1. The van der Waals surface area contributed by atoms with Crippen molar-refractivity contribution < 1.29 is 14.3 Å². The van der Waals surface area contributed by atoms with Gasteiger partial charge in [0, 0.05) is 18.5 Å². The summed E-state index contributed by atoms with van der Waals surface area (Å²) in [5, 5.41) is 0. The van der Waals surface area contributed by atoms with Gasteiger partial charge in [0.2, 0.25) is 0 Å².